The Morgan fingerprint density at radius 2 is 1.93 bits per heavy atom. The monoisotopic (exact) mass is 430 g/mol. The maximum Gasteiger partial charge on any atom is 0.417 e. The fourth-order valence-electron chi connectivity index (χ4n) is 3.23. The highest BCUT2D eigenvalue weighted by molar-refractivity contribution is 7.17. The summed E-state index contributed by atoms with van der Waals surface area (Å²) in [6.45, 7) is 5.70. The van der Waals surface area contributed by atoms with Gasteiger partial charge in [0.25, 0.3) is 0 Å². The van der Waals surface area contributed by atoms with Crippen LogP contribution in [0.25, 0.3) is 10.2 Å². The zero-order valence-corrected chi connectivity index (χ0v) is 16.7. The molecule has 0 bridgehead atoms. The number of carbonyl (C=O) groups excluding carboxylic acids is 1. The summed E-state index contributed by atoms with van der Waals surface area (Å²) in [6, 6.07) is 1.01. The van der Waals surface area contributed by atoms with Crippen molar-refractivity contribution in [2.24, 2.45) is 0 Å². The van der Waals surface area contributed by atoms with Crippen molar-refractivity contribution in [2.75, 3.05) is 37.6 Å². The molecule has 0 unspecified atom stereocenters. The zero-order valence-electron chi connectivity index (χ0n) is 15.9. The lowest BCUT2D eigenvalue weighted by molar-refractivity contribution is -0.136. The van der Waals surface area contributed by atoms with E-state index in [-0.39, 0.29) is 40.1 Å². The van der Waals surface area contributed by atoms with Crippen LogP contribution in [0, 0.1) is 0 Å². The van der Waals surface area contributed by atoms with Crippen LogP contribution in [-0.4, -0.2) is 65.6 Å². The second-order valence-corrected chi connectivity index (χ2v) is 8.02. The van der Waals surface area contributed by atoms with E-state index in [1.54, 1.807) is 4.90 Å². The van der Waals surface area contributed by atoms with Gasteiger partial charge >= 0.3 is 12.1 Å². The molecule has 3 heterocycles. The number of carbonyl (C=O) groups is 2. The molecule has 1 amide bonds. The molecule has 1 aliphatic rings. The van der Waals surface area contributed by atoms with Gasteiger partial charge < -0.3 is 15.3 Å². The molecule has 1 saturated heterocycles. The van der Waals surface area contributed by atoms with Crippen molar-refractivity contribution in [3.8, 4) is 0 Å². The van der Waals surface area contributed by atoms with Crippen molar-refractivity contribution in [3.63, 3.8) is 0 Å². The number of aromatic nitrogens is 1. The van der Waals surface area contributed by atoms with Crippen LogP contribution in [-0.2, 0) is 11.0 Å². The van der Waals surface area contributed by atoms with E-state index in [4.69, 9.17) is 0 Å². The number of thiophene rings is 1. The predicted molar refractivity (Wildman–Crippen MR) is 104 cm³/mol. The third-order valence-corrected chi connectivity index (χ3v) is 5.56. The third kappa shape index (κ3) is 4.78. The number of carboxylic acid groups (broad SMARTS) is 1. The van der Waals surface area contributed by atoms with Gasteiger partial charge in [0, 0.05) is 37.6 Å². The van der Waals surface area contributed by atoms with Crippen molar-refractivity contribution in [1.29, 1.82) is 0 Å². The quantitative estimate of drug-likeness (QED) is 0.759. The number of carboxylic acids is 1. The summed E-state index contributed by atoms with van der Waals surface area (Å²) in [5.41, 5.74) is -1.26. The number of fused-ring (bicyclic) bond motifs is 1. The Hall–Kier alpha value is -2.40. The maximum atomic E-state index is 13.5. The zero-order chi connectivity index (χ0) is 21.3. The van der Waals surface area contributed by atoms with E-state index in [0.717, 1.165) is 17.4 Å². The summed E-state index contributed by atoms with van der Waals surface area (Å²) in [5, 5.41) is 13.3. The van der Waals surface area contributed by atoms with Crippen LogP contribution < -0.4 is 10.2 Å². The first-order valence-corrected chi connectivity index (χ1v) is 9.93. The molecule has 2 N–H and O–H groups in total. The molecule has 29 heavy (non-hydrogen) atoms. The molecule has 0 radical (unpaired) electrons. The molecule has 1 aliphatic heterocycles. The van der Waals surface area contributed by atoms with E-state index in [1.807, 2.05) is 18.7 Å². The Balaban J connectivity index is 1.83. The van der Waals surface area contributed by atoms with Crippen LogP contribution in [0.2, 0.25) is 0 Å². The van der Waals surface area contributed by atoms with Crippen molar-refractivity contribution in [1.82, 2.24) is 15.2 Å². The summed E-state index contributed by atoms with van der Waals surface area (Å²) in [5.74, 6) is -1.32. The molecular weight excluding hydrogens is 409 g/mol. The third-order valence-electron chi connectivity index (χ3n) is 4.56. The highest BCUT2D eigenvalue weighted by Crippen LogP contribution is 2.40. The molecule has 2 aromatic rings. The molecule has 0 aliphatic carbocycles. The van der Waals surface area contributed by atoms with Crippen LogP contribution in [0.15, 0.2) is 11.4 Å². The molecular formula is C18H21F3N4O3S. The van der Waals surface area contributed by atoms with Crippen molar-refractivity contribution in [3.05, 3.63) is 22.6 Å². The first-order chi connectivity index (χ1) is 13.6. The standard InChI is InChI=1S/C18H21F3N4O3S/c1-10(2)22-14(26)8-24-3-5-25(6-4-24)13-7-12(18(19,20)21)16-15(23-13)11(9-29-16)17(27)28/h7,9-10H,3-6,8H2,1-2H3,(H,22,26)(H,27,28). The first kappa shape index (κ1) is 21.3. The lowest BCUT2D eigenvalue weighted by Crippen LogP contribution is -2.50. The van der Waals surface area contributed by atoms with Gasteiger partial charge in [0.2, 0.25) is 5.91 Å². The van der Waals surface area contributed by atoms with Gasteiger partial charge in [-0.1, -0.05) is 0 Å². The number of nitrogens with one attached hydrogen (secondary N) is 1. The highest BCUT2D eigenvalue weighted by atomic mass is 32.1. The van der Waals surface area contributed by atoms with Gasteiger partial charge in [-0.15, -0.1) is 11.3 Å². The number of piperazine rings is 1. The molecule has 1 fully saturated rings. The van der Waals surface area contributed by atoms with Gasteiger partial charge in [-0.05, 0) is 19.9 Å². The molecule has 11 heteroatoms. The first-order valence-electron chi connectivity index (χ1n) is 9.05. The normalized spacial score (nSPS) is 15.9. The molecule has 7 nitrogen and oxygen atoms in total. The molecule has 0 spiro atoms. The molecule has 2 aromatic heterocycles. The number of pyridine rings is 1. The van der Waals surface area contributed by atoms with Crippen LogP contribution in [0.3, 0.4) is 0 Å². The van der Waals surface area contributed by atoms with Crippen LogP contribution in [0.1, 0.15) is 29.8 Å². The number of rotatable bonds is 5. The minimum atomic E-state index is -4.62. The number of alkyl halides is 3. The smallest absolute Gasteiger partial charge is 0.417 e. The summed E-state index contributed by atoms with van der Waals surface area (Å²) in [7, 11) is 0. The number of nitrogens with zero attached hydrogens (tertiary/aromatic N) is 3. The van der Waals surface area contributed by atoms with E-state index in [2.05, 4.69) is 10.3 Å². The average molecular weight is 430 g/mol. The van der Waals surface area contributed by atoms with Crippen LogP contribution in [0.4, 0.5) is 19.0 Å². The molecule has 158 valence electrons. The van der Waals surface area contributed by atoms with Gasteiger partial charge in [0.05, 0.1) is 27.9 Å². The number of anilines is 1. The minimum absolute atomic E-state index is 0.0366. The van der Waals surface area contributed by atoms with Gasteiger partial charge in [-0.3, -0.25) is 9.69 Å². The molecule has 3 rings (SSSR count). The van der Waals surface area contributed by atoms with Gasteiger partial charge in [0.15, 0.2) is 0 Å². The van der Waals surface area contributed by atoms with E-state index < -0.39 is 17.7 Å². The number of amides is 1. The summed E-state index contributed by atoms with van der Waals surface area (Å²) in [6.07, 6.45) is -4.62. The Bertz CT molecular complexity index is 921. The van der Waals surface area contributed by atoms with Crippen LogP contribution in [0.5, 0.6) is 0 Å². The summed E-state index contributed by atoms with van der Waals surface area (Å²) < 4.78 is 40.5. The van der Waals surface area contributed by atoms with E-state index in [1.165, 1.54) is 5.38 Å². The largest absolute Gasteiger partial charge is 0.478 e. The Morgan fingerprint density at radius 3 is 2.48 bits per heavy atom. The maximum absolute atomic E-state index is 13.5. The Kier molecular flexibility index (Phi) is 5.99. The predicted octanol–water partition coefficient (Wildman–Crippen LogP) is 2.66. The highest BCUT2D eigenvalue weighted by Gasteiger charge is 2.36. The Morgan fingerprint density at radius 1 is 1.28 bits per heavy atom. The number of hydrogen-bond donors (Lipinski definition) is 2. The minimum Gasteiger partial charge on any atom is -0.478 e. The average Bonchev–Trinajstić information content (AvgIpc) is 3.04. The molecule has 0 saturated carbocycles. The SMILES string of the molecule is CC(C)NC(=O)CN1CCN(c2cc(C(F)(F)F)c3scc(C(=O)O)c3n2)CC1. The van der Waals surface area contributed by atoms with Crippen molar-refractivity contribution < 1.29 is 27.9 Å². The van der Waals surface area contributed by atoms with Gasteiger partial charge in [-0.2, -0.15) is 13.2 Å². The lowest BCUT2D eigenvalue weighted by Gasteiger charge is -2.35. The number of halogens is 3. The second-order valence-electron chi connectivity index (χ2n) is 7.14. The van der Waals surface area contributed by atoms with Crippen molar-refractivity contribution in [2.45, 2.75) is 26.1 Å². The number of aromatic carboxylic acids is 1. The summed E-state index contributed by atoms with van der Waals surface area (Å²) >= 11 is 0.729. The van der Waals surface area contributed by atoms with E-state index >= 15 is 0 Å². The van der Waals surface area contributed by atoms with Crippen LogP contribution >= 0.6 is 11.3 Å². The Labute approximate surface area is 169 Å². The molecule has 0 aromatic carbocycles. The van der Waals surface area contributed by atoms with E-state index in [9.17, 15) is 27.9 Å². The fourth-order valence-corrected chi connectivity index (χ4v) is 4.24. The van der Waals surface area contributed by atoms with E-state index in [0.29, 0.717) is 26.2 Å². The van der Waals surface area contributed by atoms with Gasteiger partial charge in [0.1, 0.15) is 5.82 Å². The van der Waals surface area contributed by atoms with Gasteiger partial charge in [-0.25, -0.2) is 9.78 Å². The molecule has 0 atom stereocenters. The topological polar surface area (TPSA) is 85.8 Å². The van der Waals surface area contributed by atoms with Crippen molar-refractivity contribution >= 4 is 39.2 Å². The second kappa shape index (κ2) is 8.15. The lowest BCUT2D eigenvalue weighted by atomic mass is 10.1. The fraction of sp³-hybridized carbons (Fsp3) is 0.500. The summed E-state index contributed by atoms with van der Waals surface area (Å²) in [4.78, 5) is 31.1. The number of hydrogen-bond acceptors (Lipinski definition) is 6.